The van der Waals surface area contributed by atoms with E-state index < -0.39 is 0 Å². The highest BCUT2D eigenvalue weighted by Crippen LogP contribution is 2.26. The summed E-state index contributed by atoms with van der Waals surface area (Å²) in [6, 6.07) is 5.76. The zero-order chi connectivity index (χ0) is 18.8. The van der Waals surface area contributed by atoms with E-state index in [-0.39, 0.29) is 23.7 Å². The van der Waals surface area contributed by atoms with Crippen LogP contribution in [0.1, 0.15) is 53.5 Å². The molecule has 26 heavy (non-hydrogen) atoms. The second-order valence-corrected chi connectivity index (χ2v) is 7.17. The maximum absolute atomic E-state index is 12.8. The van der Waals surface area contributed by atoms with E-state index in [0.29, 0.717) is 19.7 Å². The van der Waals surface area contributed by atoms with Gasteiger partial charge < -0.3 is 19.1 Å². The SMILES string of the molecule is Cc1cc(N(C)C)cc([C@H]2CN(C(=O)c3cc(C(C)C)no3)CCO2)n1. The molecule has 0 bridgehead atoms. The number of morpholine rings is 1. The van der Waals surface area contributed by atoms with Crippen molar-refractivity contribution in [1.29, 1.82) is 0 Å². The van der Waals surface area contributed by atoms with Crippen molar-refractivity contribution in [2.24, 2.45) is 0 Å². The van der Waals surface area contributed by atoms with E-state index in [1.54, 1.807) is 11.0 Å². The van der Waals surface area contributed by atoms with Gasteiger partial charge in [0.25, 0.3) is 5.91 Å². The second-order valence-electron chi connectivity index (χ2n) is 7.17. The Bertz CT molecular complexity index is 785. The lowest BCUT2D eigenvalue weighted by molar-refractivity contribution is -0.0259. The van der Waals surface area contributed by atoms with Crippen LogP contribution in [-0.4, -0.2) is 54.7 Å². The van der Waals surface area contributed by atoms with E-state index in [4.69, 9.17) is 9.26 Å². The molecule has 0 N–H and O–H groups in total. The van der Waals surface area contributed by atoms with Gasteiger partial charge in [-0.15, -0.1) is 0 Å². The number of ether oxygens (including phenoxy) is 1. The van der Waals surface area contributed by atoms with Gasteiger partial charge in [-0.2, -0.15) is 0 Å². The molecule has 3 heterocycles. The third-order valence-corrected chi connectivity index (χ3v) is 4.49. The van der Waals surface area contributed by atoms with Gasteiger partial charge in [-0.1, -0.05) is 19.0 Å². The summed E-state index contributed by atoms with van der Waals surface area (Å²) in [7, 11) is 3.98. The Morgan fingerprint density at radius 3 is 2.73 bits per heavy atom. The normalized spacial score (nSPS) is 17.6. The third-order valence-electron chi connectivity index (χ3n) is 4.49. The van der Waals surface area contributed by atoms with Crippen molar-refractivity contribution in [2.75, 3.05) is 38.7 Å². The Morgan fingerprint density at radius 1 is 1.31 bits per heavy atom. The quantitative estimate of drug-likeness (QED) is 0.837. The van der Waals surface area contributed by atoms with Gasteiger partial charge in [0.1, 0.15) is 6.10 Å². The molecule has 0 unspecified atom stereocenters. The van der Waals surface area contributed by atoms with Crippen LogP contribution < -0.4 is 4.90 Å². The summed E-state index contributed by atoms with van der Waals surface area (Å²) >= 11 is 0. The van der Waals surface area contributed by atoms with Crippen LogP contribution in [0.25, 0.3) is 0 Å². The highest BCUT2D eigenvalue weighted by atomic mass is 16.5. The van der Waals surface area contributed by atoms with Crippen molar-refractivity contribution in [3.63, 3.8) is 0 Å². The lowest BCUT2D eigenvalue weighted by Gasteiger charge is -2.32. The van der Waals surface area contributed by atoms with Gasteiger partial charge in [0.2, 0.25) is 5.76 Å². The summed E-state index contributed by atoms with van der Waals surface area (Å²) < 4.78 is 11.1. The average Bonchev–Trinajstić information content (AvgIpc) is 3.11. The topological polar surface area (TPSA) is 71.7 Å². The number of amides is 1. The average molecular weight is 358 g/mol. The first-order valence-electron chi connectivity index (χ1n) is 8.88. The molecular weight excluding hydrogens is 332 g/mol. The van der Waals surface area contributed by atoms with Crippen LogP contribution >= 0.6 is 0 Å². The highest BCUT2D eigenvalue weighted by molar-refractivity contribution is 5.91. The monoisotopic (exact) mass is 358 g/mol. The molecular formula is C19H26N4O3. The zero-order valence-corrected chi connectivity index (χ0v) is 16.0. The molecule has 0 radical (unpaired) electrons. The molecule has 0 spiro atoms. The smallest absolute Gasteiger partial charge is 0.292 e. The first-order valence-corrected chi connectivity index (χ1v) is 8.88. The van der Waals surface area contributed by atoms with Gasteiger partial charge in [-0.3, -0.25) is 9.78 Å². The largest absolute Gasteiger partial charge is 0.378 e. The van der Waals surface area contributed by atoms with Gasteiger partial charge in [-0.25, -0.2) is 0 Å². The molecule has 2 aromatic rings. The maximum Gasteiger partial charge on any atom is 0.292 e. The van der Waals surface area contributed by atoms with Crippen molar-refractivity contribution in [1.82, 2.24) is 15.0 Å². The lowest BCUT2D eigenvalue weighted by atomic mass is 10.1. The van der Waals surface area contributed by atoms with Crippen molar-refractivity contribution in [3.05, 3.63) is 41.0 Å². The van der Waals surface area contributed by atoms with Crippen LogP contribution in [0.4, 0.5) is 5.69 Å². The van der Waals surface area contributed by atoms with Crippen LogP contribution in [0.5, 0.6) is 0 Å². The minimum absolute atomic E-state index is 0.154. The summed E-state index contributed by atoms with van der Waals surface area (Å²) in [5, 5.41) is 3.98. The molecule has 7 heteroatoms. The molecule has 1 fully saturated rings. The first kappa shape index (κ1) is 18.4. The molecule has 1 amide bonds. The standard InChI is InChI=1S/C19H26N4O3/c1-12(2)15-10-17(26-21-15)19(24)23-6-7-25-18(11-23)16-9-14(22(4)5)8-13(3)20-16/h8-10,12,18H,6-7,11H2,1-5H3/t18-/m1/s1. The molecule has 1 aliphatic heterocycles. The van der Waals surface area contributed by atoms with E-state index >= 15 is 0 Å². The lowest BCUT2D eigenvalue weighted by Crippen LogP contribution is -2.42. The molecule has 0 aromatic carbocycles. The fourth-order valence-corrected chi connectivity index (χ4v) is 2.93. The maximum atomic E-state index is 12.8. The number of carbonyl (C=O) groups is 1. The second kappa shape index (κ2) is 7.45. The Morgan fingerprint density at radius 2 is 2.08 bits per heavy atom. The minimum atomic E-state index is -0.251. The zero-order valence-electron chi connectivity index (χ0n) is 16.0. The van der Waals surface area contributed by atoms with Crippen molar-refractivity contribution >= 4 is 11.6 Å². The summed E-state index contributed by atoms with van der Waals surface area (Å²) in [4.78, 5) is 21.2. The van der Waals surface area contributed by atoms with Gasteiger partial charge in [0.15, 0.2) is 0 Å². The van der Waals surface area contributed by atoms with Gasteiger partial charge in [-0.05, 0) is 25.0 Å². The molecule has 140 valence electrons. The number of hydrogen-bond donors (Lipinski definition) is 0. The number of nitrogens with zero attached hydrogens (tertiary/aromatic N) is 4. The number of rotatable bonds is 4. The first-order chi connectivity index (χ1) is 12.3. The molecule has 1 atom stereocenters. The van der Waals surface area contributed by atoms with E-state index in [2.05, 4.69) is 10.1 Å². The van der Waals surface area contributed by atoms with E-state index in [0.717, 1.165) is 22.8 Å². The molecule has 1 saturated heterocycles. The molecule has 3 rings (SSSR count). The van der Waals surface area contributed by atoms with Gasteiger partial charge in [0, 0.05) is 38.1 Å². The Kier molecular flexibility index (Phi) is 5.27. The number of aryl methyl sites for hydroxylation is 1. The minimum Gasteiger partial charge on any atom is -0.378 e. The molecule has 1 aliphatic rings. The third kappa shape index (κ3) is 3.88. The number of anilines is 1. The van der Waals surface area contributed by atoms with E-state index in [1.165, 1.54) is 0 Å². The Balaban J connectivity index is 1.77. The van der Waals surface area contributed by atoms with Crippen LogP contribution in [0.3, 0.4) is 0 Å². The van der Waals surface area contributed by atoms with Gasteiger partial charge >= 0.3 is 0 Å². The van der Waals surface area contributed by atoms with Crippen LogP contribution in [0, 0.1) is 6.92 Å². The van der Waals surface area contributed by atoms with Crippen molar-refractivity contribution < 1.29 is 14.1 Å². The van der Waals surface area contributed by atoms with Crippen LogP contribution in [0.15, 0.2) is 22.7 Å². The summed E-state index contributed by atoms with van der Waals surface area (Å²) in [5.74, 6) is 0.345. The predicted molar refractivity (Wildman–Crippen MR) is 98.5 cm³/mol. The summed E-state index contributed by atoms with van der Waals surface area (Å²) in [6.07, 6.45) is -0.251. The molecule has 0 aliphatic carbocycles. The van der Waals surface area contributed by atoms with E-state index in [1.807, 2.05) is 51.9 Å². The fraction of sp³-hybridized carbons (Fsp3) is 0.526. The summed E-state index contributed by atoms with van der Waals surface area (Å²) in [5.41, 5.74) is 3.62. The Hall–Kier alpha value is -2.41. The predicted octanol–water partition coefficient (Wildman–Crippen LogP) is 2.78. The van der Waals surface area contributed by atoms with Crippen molar-refractivity contribution in [3.8, 4) is 0 Å². The molecule has 7 nitrogen and oxygen atoms in total. The van der Waals surface area contributed by atoms with Crippen LogP contribution in [0.2, 0.25) is 0 Å². The number of pyridine rings is 1. The summed E-state index contributed by atoms with van der Waals surface area (Å²) in [6.45, 7) is 7.43. The van der Waals surface area contributed by atoms with Crippen LogP contribution in [-0.2, 0) is 4.74 Å². The number of hydrogen-bond acceptors (Lipinski definition) is 6. The number of carbonyl (C=O) groups excluding carboxylic acids is 1. The number of aromatic nitrogens is 2. The highest BCUT2D eigenvalue weighted by Gasteiger charge is 2.29. The van der Waals surface area contributed by atoms with E-state index in [9.17, 15) is 4.79 Å². The molecule has 2 aromatic heterocycles. The Labute approximate surface area is 153 Å². The fourth-order valence-electron chi connectivity index (χ4n) is 2.93. The van der Waals surface area contributed by atoms with Gasteiger partial charge in [0.05, 0.1) is 24.5 Å². The van der Waals surface area contributed by atoms with Crippen molar-refractivity contribution in [2.45, 2.75) is 32.8 Å². The molecule has 0 saturated carbocycles.